The van der Waals surface area contributed by atoms with E-state index in [2.05, 4.69) is 0 Å². The maximum atomic E-state index is 11.7. The lowest BCUT2D eigenvalue weighted by Crippen LogP contribution is -2.35. The third kappa shape index (κ3) is 4.55. The Hall–Kier alpha value is -1.26. The molecule has 2 atom stereocenters. The SMILES string of the molecule is CCOC(=O)C1CC1CN(C)C(=O)OC(C)(C)C. The van der Waals surface area contributed by atoms with Gasteiger partial charge in [0.15, 0.2) is 0 Å². The molecular formula is C13H23NO4. The van der Waals surface area contributed by atoms with Crippen molar-refractivity contribution in [1.82, 2.24) is 4.90 Å². The first-order valence-electron chi connectivity index (χ1n) is 6.35. The van der Waals surface area contributed by atoms with Crippen LogP contribution in [-0.2, 0) is 14.3 Å². The van der Waals surface area contributed by atoms with Crippen LogP contribution in [0.5, 0.6) is 0 Å². The van der Waals surface area contributed by atoms with Crippen LogP contribution in [0.25, 0.3) is 0 Å². The van der Waals surface area contributed by atoms with Gasteiger partial charge in [0.2, 0.25) is 0 Å². The van der Waals surface area contributed by atoms with E-state index in [-0.39, 0.29) is 23.9 Å². The second-order valence-electron chi connectivity index (χ2n) is 5.72. The van der Waals surface area contributed by atoms with E-state index in [1.54, 1.807) is 14.0 Å². The Morgan fingerprint density at radius 2 is 1.94 bits per heavy atom. The van der Waals surface area contributed by atoms with E-state index in [1.807, 2.05) is 20.8 Å². The number of ether oxygens (including phenoxy) is 2. The molecule has 0 aliphatic heterocycles. The minimum Gasteiger partial charge on any atom is -0.466 e. The Morgan fingerprint density at radius 1 is 1.33 bits per heavy atom. The Bertz CT molecular complexity index is 321. The van der Waals surface area contributed by atoms with Gasteiger partial charge in [0.25, 0.3) is 0 Å². The maximum Gasteiger partial charge on any atom is 0.410 e. The summed E-state index contributed by atoms with van der Waals surface area (Å²) < 4.78 is 10.2. The Balaban J connectivity index is 2.32. The number of rotatable bonds is 4. The molecule has 5 heteroatoms. The molecule has 0 spiro atoms. The van der Waals surface area contributed by atoms with Crippen molar-refractivity contribution in [3.63, 3.8) is 0 Å². The number of esters is 1. The van der Waals surface area contributed by atoms with E-state index in [4.69, 9.17) is 9.47 Å². The molecule has 2 unspecified atom stereocenters. The van der Waals surface area contributed by atoms with E-state index >= 15 is 0 Å². The highest BCUT2D eigenvalue weighted by atomic mass is 16.6. The van der Waals surface area contributed by atoms with Gasteiger partial charge in [-0.25, -0.2) is 4.79 Å². The van der Waals surface area contributed by atoms with E-state index < -0.39 is 5.60 Å². The minimum absolute atomic E-state index is 0.0464. The lowest BCUT2D eigenvalue weighted by Gasteiger charge is -2.24. The van der Waals surface area contributed by atoms with Crippen molar-refractivity contribution in [2.24, 2.45) is 11.8 Å². The molecule has 0 radical (unpaired) electrons. The van der Waals surface area contributed by atoms with Crippen LogP contribution in [0, 0.1) is 11.8 Å². The zero-order valence-corrected chi connectivity index (χ0v) is 11.9. The van der Waals surface area contributed by atoms with E-state index in [0.717, 1.165) is 6.42 Å². The van der Waals surface area contributed by atoms with Gasteiger partial charge in [-0.3, -0.25) is 4.79 Å². The van der Waals surface area contributed by atoms with Crippen LogP contribution < -0.4 is 0 Å². The number of hydrogen-bond donors (Lipinski definition) is 0. The van der Waals surface area contributed by atoms with Crippen LogP contribution in [0.3, 0.4) is 0 Å². The van der Waals surface area contributed by atoms with Crippen molar-refractivity contribution in [2.45, 2.75) is 39.7 Å². The summed E-state index contributed by atoms with van der Waals surface area (Å²) in [5.41, 5.74) is -0.491. The summed E-state index contributed by atoms with van der Waals surface area (Å²) >= 11 is 0. The molecule has 1 saturated carbocycles. The summed E-state index contributed by atoms with van der Waals surface area (Å²) in [6.07, 6.45) is 0.448. The summed E-state index contributed by atoms with van der Waals surface area (Å²) in [6, 6.07) is 0. The molecule has 1 aliphatic carbocycles. The average molecular weight is 257 g/mol. The third-order valence-electron chi connectivity index (χ3n) is 2.73. The highest BCUT2D eigenvalue weighted by molar-refractivity contribution is 5.76. The molecule has 0 bridgehead atoms. The van der Waals surface area contributed by atoms with Gasteiger partial charge in [0.05, 0.1) is 12.5 Å². The minimum atomic E-state index is -0.491. The first-order chi connectivity index (χ1) is 8.24. The van der Waals surface area contributed by atoms with E-state index in [1.165, 1.54) is 4.90 Å². The maximum absolute atomic E-state index is 11.7. The summed E-state index contributed by atoms with van der Waals surface area (Å²) in [4.78, 5) is 24.7. The Labute approximate surface area is 108 Å². The lowest BCUT2D eigenvalue weighted by molar-refractivity contribution is -0.145. The highest BCUT2D eigenvalue weighted by Gasteiger charge is 2.45. The first kappa shape index (κ1) is 14.8. The molecule has 0 heterocycles. The van der Waals surface area contributed by atoms with Crippen molar-refractivity contribution in [3.8, 4) is 0 Å². The van der Waals surface area contributed by atoms with Crippen LogP contribution in [0.1, 0.15) is 34.1 Å². The smallest absolute Gasteiger partial charge is 0.410 e. The van der Waals surface area contributed by atoms with Gasteiger partial charge in [0.1, 0.15) is 5.60 Å². The lowest BCUT2D eigenvalue weighted by atomic mass is 10.2. The third-order valence-corrected chi connectivity index (χ3v) is 2.73. The van der Waals surface area contributed by atoms with Gasteiger partial charge in [-0.2, -0.15) is 0 Å². The van der Waals surface area contributed by atoms with Crippen LogP contribution in [0.4, 0.5) is 4.79 Å². The molecule has 1 fully saturated rings. The fourth-order valence-corrected chi connectivity index (χ4v) is 1.75. The largest absolute Gasteiger partial charge is 0.466 e. The Kier molecular flexibility index (Phi) is 4.59. The van der Waals surface area contributed by atoms with E-state index in [9.17, 15) is 9.59 Å². The second-order valence-corrected chi connectivity index (χ2v) is 5.72. The zero-order valence-electron chi connectivity index (χ0n) is 11.9. The predicted molar refractivity (Wildman–Crippen MR) is 67.1 cm³/mol. The molecule has 0 aromatic heterocycles. The van der Waals surface area contributed by atoms with Gasteiger partial charge in [0, 0.05) is 13.6 Å². The quantitative estimate of drug-likeness (QED) is 0.723. The number of amides is 1. The van der Waals surface area contributed by atoms with Crippen molar-refractivity contribution in [2.75, 3.05) is 20.2 Å². The highest BCUT2D eigenvalue weighted by Crippen LogP contribution is 2.40. The molecule has 104 valence electrons. The molecule has 1 amide bonds. The fraction of sp³-hybridized carbons (Fsp3) is 0.846. The zero-order chi connectivity index (χ0) is 13.9. The van der Waals surface area contributed by atoms with Crippen molar-refractivity contribution in [3.05, 3.63) is 0 Å². The summed E-state index contributed by atoms with van der Waals surface area (Å²) in [5.74, 6) is 0.0106. The van der Waals surface area contributed by atoms with Gasteiger partial charge < -0.3 is 14.4 Å². The number of carbonyl (C=O) groups is 2. The van der Waals surface area contributed by atoms with Gasteiger partial charge in [-0.1, -0.05) is 0 Å². The topological polar surface area (TPSA) is 55.8 Å². The number of hydrogen-bond acceptors (Lipinski definition) is 4. The van der Waals surface area contributed by atoms with Crippen molar-refractivity contribution in [1.29, 1.82) is 0 Å². The molecular weight excluding hydrogens is 234 g/mol. The van der Waals surface area contributed by atoms with Gasteiger partial charge >= 0.3 is 12.1 Å². The number of carbonyl (C=O) groups excluding carboxylic acids is 2. The van der Waals surface area contributed by atoms with Gasteiger partial charge in [-0.15, -0.1) is 0 Å². The standard InChI is InChI=1S/C13H23NO4/c1-6-17-11(15)10-7-9(10)8-14(5)12(16)18-13(2,3)4/h9-10H,6-8H2,1-5H3. The summed E-state index contributed by atoms with van der Waals surface area (Å²) in [7, 11) is 1.69. The molecule has 1 aliphatic rings. The fourth-order valence-electron chi connectivity index (χ4n) is 1.75. The second kappa shape index (κ2) is 5.59. The van der Waals surface area contributed by atoms with E-state index in [0.29, 0.717) is 13.2 Å². The number of nitrogens with zero attached hydrogens (tertiary/aromatic N) is 1. The molecule has 0 aromatic carbocycles. The van der Waals surface area contributed by atoms with Crippen LogP contribution in [0.2, 0.25) is 0 Å². The van der Waals surface area contributed by atoms with Crippen LogP contribution in [0.15, 0.2) is 0 Å². The first-order valence-corrected chi connectivity index (χ1v) is 6.35. The normalized spacial score (nSPS) is 22.3. The van der Waals surface area contributed by atoms with Crippen molar-refractivity contribution >= 4 is 12.1 Å². The molecule has 0 N–H and O–H groups in total. The van der Waals surface area contributed by atoms with Gasteiger partial charge in [-0.05, 0) is 40.0 Å². The summed E-state index contributed by atoms with van der Waals surface area (Å²) in [5, 5.41) is 0. The Morgan fingerprint density at radius 3 is 2.44 bits per heavy atom. The molecule has 5 nitrogen and oxygen atoms in total. The summed E-state index contributed by atoms with van der Waals surface area (Å²) in [6.45, 7) is 8.23. The van der Waals surface area contributed by atoms with Crippen molar-refractivity contribution < 1.29 is 19.1 Å². The van der Waals surface area contributed by atoms with Crippen LogP contribution in [-0.4, -0.2) is 42.8 Å². The molecule has 1 rings (SSSR count). The predicted octanol–water partition coefficient (Wildman–Crippen LogP) is 2.05. The monoisotopic (exact) mass is 257 g/mol. The molecule has 0 saturated heterocycles. The molecule has 0 aromatic rings. The van der Waals surface area contributed by atoms with Crippen LogP contribution >= 0.6 is 0 Å². The molecule has 18 heavy (non-hydrogen) atoms. The average Bonchev–Trinajstić information content (AvgIpc) is 2.94.